The molecule has 1 aliphatic heterocycles. The molecule has 0 spiro atoms. The molecule has 0 saturated carbocycles. The van der Waals surface area contributed by atoms with E-state index >= 15 is 0 Å². The maximum atomic E-state index is 13.6. The number of unbranched alkanes of at least 4 members (excludes halogenated alkanes) is 2. The van der Waals surface area contributed by atoms with E-state index in [1.54, 1.807) is 23.2 Å². The van der Waals surface area contributed by atoms with Crippen LogP contribution < -0.4 is 4.74 Å². The molecule has 1 aromatic heterocycles. The van der Waals surface area contributed by atoms with E-state index in [1.807, 2.05) is 32.0 Å². The van der Waals surface area contributed by atoms with Crippen molar-refractivity contribution in [2.45, 2.75) is 78.0 Å². The molecule has 3 aromatic rings. The van der Waals surface area contributed by atoms with Gasteiger partial charge in [-0.1, -0.05) is 68.3 Å². The van der Waals surface area contributed by atoms with E-state index in [1.165, 1.54) is 24.8 Å². The van der Waals surface area contributed by atoms with Crippen LogP contribution in [0.2, 0.25) is 0 Å². The van der Waals surface area contributed by atoms with Crippen molar-refractivity contribution in [2.24, 2.45) is 0 Å². The Hall–Kier alpha value is -3.47. The number of hydrogen-bond donors (Lipinski definition) is 0. The van der Waals surface area contributed by atoms with Crippen LogP contribution in [-0.4, -0.2) is 33.7 Å². The van der Waals surface area contributed by atoms with E-state index in [0.29, 0.717) is 30.8 Å². The number of nitrogens with zero attached hydrogens (tertiary/aromatic N) is 2. The number of amides is 1. The molecule has 0 saturated heterocycles. The first-order valence-corrected chi connectivity index (χ1v) is 13.1. The molecule has 0 N–H and O–H groups in total. The molecule has 2 heterocycles. The van der Waals surface area contributed by atoms with Crippen molar-refractivity contribution in [2.75, 3.05) is 0 Å². The fourth-order valence-electron chi connectivity index (χ4n) is 4.77. The standard InChI is InChI=1S/C31H36N2O3/c1-4-5-6-9-23-12-14-24(15-13-23)18-30(34)29-19-25-10-7-8-11-26(25)21-33(29)31(35)28-20-27(16-17-32-28)36-22(2)3/h7-8,10-17,20,22,29H,4-6,9,18-19,21H2,1-3H3. The first kappa shape index (κ1) is 25.6. The maximum absolute atomic E-state index is 13.6. The minimum atomic E-state index is -0.534. The summed E-state index contributed by atoms with van der Waals surface area (Å²) >= 11 is 0. The molecule has 1 unspecified atom stereocenters. The van der Waals surface area contributed by atoms with Crippen molar-refractivity contribution < 1.29 is 14.3 Å². The Bertz CT molecular complexity index is 1190. The van der Waals surface area contributed by atoms with Crippen LogP contribution in [0.25, 0.3) is 0 Å². The number of aromatic nitrogens is 1. The molecule has 1 amide bonds. The normalized spacial score (nSPS) is 15.0. The van der Waals surface area contributed by atoms with Crippen LogP contribution in [0.15, 0.2) is 66.9 Å². The average molecular weight is 485 g/mol. The molecule has 0 bridgehead atoms. The molecule has 188 valence electrons. The maximum Gasteiger partial charge on any atom is 0.273 e. The Morgan fingerprint density at radius 2 is 1.72 bits per heavy atom. The number of ketones is 1. The topological polar surface area (TPSA) is 59.5 Å². The molecule has 0 aliphatic carbocycles. The number of Topliss-reactive ketones (excluding diaryl/α,β-unsaturated/α-hetero) is 1. The first-order chi connectivity index (χ1) is 17.4. The van der Waals surface area contributed by atoms with Crippen molar-refractivity contribution >= 4 is 11.7 Å². The lowest BCUT2D eigenvalue weighted by Gasteiger charge is -2.36. The summed E-state index contributed by atoms with van der Waals surface area (Å²) < 4.78 is 5.76. The summed E-state index contributed by atoms with van der Waals surface area (Å²) in [6.07, 6.45) is 7.08. The lowest BCUT2D eigenvalue weighted by atomic mass is 9.89. The van der Waals surface area contributed by atoms with Gasteiger partial charge in [0.25, 0.3) is 5.91 Å². The van der Waals surface area contributed by atoms with Gasteiger partial charge in [-0.25, -0.2) is 0 Å². The quantitative estimate of drug-likeness (QED) is 0.332. The molecule has 1 atom stereocenters. The lowest BCUT2D eigenvalue weighted by molar-refractivity contribution is -0.123. The number of ether oxygens (including phenoxy) is 1. The summed E-state index contributed by atoms with van der Waals surface area (Å²) in [5.41, 5.74) is 4.77. The Morgan fingerprint density at radius 1 is 1.00 bits per heavy atom. The summed E-state index contributed by atoms with van der Waals surface area (Å²) in [5, 5.41) is 0. The minimum absolute atomic E-state index is 0.00965. The van der Waals surface area contributed by atoms with Gasteiger partial charge in [-0.2, -0.15) is 0 Å². The van der Waals surface area contributed by atoms with Crippen LogP contribution in [0.5, 0.6) is 5.75 Å². The molecule has 36 heavy (non-hydrogen) atoms. The van der Waals surface area contributed by atoms with Gasteiger partial charge in [0, 0.05) is 31.6 Å². The third-order valence-electron chi connectivity index (χ3n) is 6.67. The highest BCUT2D eigenvalue weighted by atomic mass is 16.5. The van der Waals surface area contributed by atoms with Gasteiger partial charge in [-0.3, -0.25) is 14.6 Å². The van der Waals surface area contributed by atoms with Gasteiger partial charge in [0.05, 0.1) is 12.1 Å². The fourth-order valence-corrected chi connectivity index (χ4v) is 4.77. The second-order valence-corrected chi connectivity index (χ2v) is 9.88. The molecular formula is C31H36N2O3. The second kappa shape index (κ2) is 12.0. The van der Waals surface area contributed by atoms with Crippen LogP contribution in [0, 0.1) is 0 Å². The zero-order valence-corrected chi connectivity index (χ0v) is 21.6. The molecule has 2 aromatic carbocycles. The third-order valence-corrected chi connectivity index (χ3v) is 6.67. The van der Waals surface area contributed by atoms with Gasteiger partial charge in [0.15, 0.2) is 5.78 Å². The highest BCUT2D eigenvalue weighted by Crippen LogP contribution is 2.27. The average Bonchev–Trinajstić information content (AvgIpc) is 2.88. The minimum Gasteiger partial charge on any atom is -0.491 e. The number of hydrogen-bond acceptors (Lipinski definition) is 4. The lowest BCUT2D eigenvalue weighted by Crippen LogP contribution is -2.49. The van der Waals surface area contributed by atoms with E-state index in [2.05, 4.69) is 42.2 Å². The zero-order chi connectivity index (χ0) is 25.5. The predicted molar refractivity (Wildman–Crippen MR) is 142 cm³/mol. The van der Waals surface area contributed by atoms with Crippen LogP contribution in [0.4, 0.5) is 0 Å². The number of pyridine rings is 1. The van der Waals surface area contributed by atoms with E-state index in [9.17, 15) is 9.59 Å². The van der Waals surface area contributed by atoms with Crippen LogP contribution >= 0.6 is 0 Å². The van der Waals surface area contributed by atoms with Crippen molar-refractivity contribution in [3.63, 3.8) is 0 Å². The van der Waals surface area contributed by atoms with Crippen molar-refractivity contribution in [1.29, 1.82) is 0 Å². The van der Waals surface area contributed by atoms with Crippen molar-refractivity contribution in [3.8, 4) is 5.75 Å². The van der Waals surface area contributed by atoms with E-state index in [4.69, 9.17) is 4.74 Å². The van der Waals surface area contributed by atoms with Crippen LogP contribution in [0.1, 0.15) is 72.8 Å². The Labute approximate surface area is 214 Å². The molecule has 0 radical (unpaired) electrons. The SMILES string of the molecule is CCCCCc1ccc(CC(=O)C2Cc3ccccc3CN2C(=O)c2cc(OC(C)C)ccn2)cc1. The number of rotatable bonds is 10. The number of carbonyl (C=O) groups excluding carboxylic acids is 2. The van der Waals surface area contributed by atoms with E-state index < -0.39 is 6.04 Å². The van der Waals surface area contributed by atoms with Crippen LogP contribution in [-0.2, 0) is 30.6 Å². The third kappa shape index (κ3) is 6.39. The van der Waals surface area contributed by atoms with Crippen LogP contribution in [0.3, 0.4) is 0 Å². The molecule has 0 fully saturated rings. The monoisotopic (exact) mass is 484 g/mol. The highest BCUT2D eigenvalue weighted by molar-refractivity contribution is 5.97. The first-order valence-electron chi connectivity index (χ1n) is 13.1. The van der Waals surface area contributed by atoms with E-state index in [-0.39, 0.29) is 17.8 Å². The largest absolute Gasteiger partial charge is 0.491 e. The molecule has 5 nitrogen and oxygen atoms in total. The van der Waals surface area contributed by atoms with Gasteiger partial charge in [0.2, 0.25) is 0 Å². The highest BCUT2D eigenvalue weighted by Gasteiger charge is 2.35. The molecular weight excluding hydrogens is 448 g/mol. The van der Waals surface area contributed by atoms with Crippen molar-refractivity contribution in [1.82, 2.24) is 9.88 Å². The summed E-state index contributed by atoms with van der Waals surface area (Å²) in [7, 11) is 0. The summed E-state index contributed by atoms with van der Waals surface area (Å²) in [6, 6.07) is 19.3. The smallest absolute Gasteiger partial charge is 0.273 e. The molecule has 1 aliphatic rings. The second-order valence-electron chi connectivity index (χ2n) is 9.88. The van der Waals surface area contributed by atoms with Gasteiger partial charge >= 0.3 is 0 Å². The van der Waals surface area contributed by atoms with Gasteiger partial charge in [-0.05, 0) is 55.0 Å². The number of benzene rings is 2. The molecule has 5 heteroatoms. The Kier molecular flexibility index (Phi) is 8.52. The van der Waals surface area contributed by atoms with Gasteiger partial charge in [-0.15, -0.1) is 0 Å². The van der Waals surface area contributed by atoms with Gasteiger partial charge < -0.3 is 9.64 Å². The van der Waals surface area contributed by atoms with E-state index in [0.717, 1.165) is 23.1 Å². The van der Waals surface area contributed by atoms with Crippen molar-refractivity contribution in [3.05, 3.63) is 94.8 Å². The number of fused-ring (bicyclic) bond motifs is 1. The predicted octanol–water partition coefficient (Wildman–Crippen LogP) is 5.98. The van der Waals surface area contributed by atoms with Gasteiger partial charge in [0.1, 0.15) is 11.4 Å². The number of carbonyl (C=O) groups is 2. The Morgan fingerprint density at radius 3 is 2.44 bits per heavy atom. The summed E-state index contributed by atoms with van der Waals surface area (Å²) in [4.78, 5) is 33.2. The summed E-state index contributed by atoms with van der Waals surface area (Å²) in [5.74, 6) is 0.400. The summed E-state index contributed by atoms with van der Waals surface area (Å²) in [6.45, 7) is 6.48. The molecule has 4 rings (SSSR count). The zero-order valence-electron chi connectivity index (χ0n) is 21.6. The fraction of sp³-hybridized carbons (Fsp3) is 0.387. The number of aryl methyl sites for hydroxylation is 1. The Balaban J connectivity index is 1.54.